The van der Waals surface area contributed by atoms with E-state index in [2.05, 4.69) is 16.1 Å². The van der Waals surface area contributed by atoms with Crippen LogP contribution >= 0.6 is 0 Å². The van der Waals surface area contributed by atoms with Gasteiger partial charge in [0.2, 0.25) is 15.9 Å². The van der Waals surface area contributed by atoms with Gasteiger partial charge in [0.1, 0.15) is 0 Å². The molecule has 2 aromatic rings. The van der Waals surface area contributed by atoms with Crippen LogP contribution in [0.25, 0.3) is 0 Å². The summed E-state index contributed by atoms with van der Waals surface area (Å²) in [5, 5.41) is 2.94. The molecule has 0 aromatic heterocycles. The van der Waals surface area contributed by atoms with Crippen LogP contribution in [0.3, 0.4) is 0 Å². The molecule has 2 aromatic carbocycles. The molecule has 1 unspecified atom stereocenters. The Bertz CT molecular complexity index is 936. The minimum Gasteiger partial charge on any atom is -0.350 e. The summed E-state index contributed by atoms with van der Waals surface area (Å²) in [4.78, 5) is 12.5. The molecule has 0 aliphatic carbocycles. The predicted octanol–water partition coefficient (Wildman–Crippen LogP) is 3.47. The Morgan fingerprint density at radius 1 is 0.963 bits per heavy atom. The van der Waals surface area contributed by atoms with Crippen molar-refractivity contribution in [2.75, 3.05) is 6.54 Å². The van der Waals surface area contributed by atoms with Gasteiger partial charge in [0, 0.05) is 13.0 Å². The Labute approximate surface area is 162 Å². The number of hydrogen-bond donors (Lipinski definition) is 2. The number of amides is 1. The first-order chi connectivity index (χ1) is 12.6. The van der Waals surface area contributed by atoms with Crippen molar-refractivity contribution < 1.29 is 13.2 Å². The minimum atomic E-state index is -3.63. The van der Waals surface area contributed by atoms with Crippen LogP contribution < -0.4 is 10.0 Å². The van der Waals surface area contributed by atoms with Crippen molar-refractivity contribution >= 4 is 15.9 Å². The van der Waals surface area contributed by atoms with Crippen molar-refractivity contribution in [2.45, 2.75) is 52.0 Å². The maximum Gasteiger partial charge on any atom is 0.240 e. The Morgan fingerprint density at radius 2 is 1.56 bits per heavy atom. The third-order valence-electron chi connectivity index (χ3n) is 4.56. The van der Waals surface area contributed by atoms with Crippen LogP contribution in [0.1, 0.15) is 47.2 Å². The lowest BCUT2D eigenvalue weighted by atomic mass is 10.00. The van der Waals surface area contributed by atoms with Crippen molar-refractivity contribution in [3.8, 4) is 0 Å². The number of aryl methyl sites for hydroxylation is 4. The smallest absolute Gasteiger partial charge is 0.240 e. The zero-order chi connectivity index (χ0) is 20.2. The summed E-state index contributed by atoms with van der Waals surface area (Å²) in [5.41, 5.74) is 4.88. The first-order valence-electron chi connectivity index (χ1n) is 9.03. The van der Waals surface area contributed by atoms with Crippen molar-refractivity contribution in [2.24, 2.45) is 0 Å². The predicted molar refractivity (Wildman–Crippen MR) is 108 cm³/mol. The highest BCUT2D eigenvalue weighted by Gasteiger charge is 2.18. The molecule has 2 rings (SSSR count). The lowest BCUT2D eigenvalue weighted by Crippen LogP contribution is -2.32. The summed E-state index contributed by atoms with van der Waals surface area (Å²) >= 11 is 0. The lowest BCUT2D eigenvalue weighted by Gasteiger charge is -2.17. The van der Waals surface area contributed by atoms with E-state index in [1.165, 1.54) is 0 Å². The molecule has 0 saturated carbocycles. The van der Waals surface area contributed by atoms with Gasteiger partial charge in [-0.2, -0.15) is 0 Å². The van der Waals surface area contributed by atoms with Gasteiger partial charge in [-0.3, -0.25) is 4.79 Å². The standard InChI is InChI=1S/C21H28N2O3S/c1-14-6-8-16(3)19(12-14)18(5)23-21(24)10-11-22-27(25,26)20-13-15(2)7-9-17(20)4/h6-9,12-13,18,22H,10-11H2,1-5H3,(H,23,24). The van der Waals surface area contributed by atoms with Gasteiger partial charge in [-0.25, -0.2) is 13.1 Å². The molecule has 2 N–H and O–H groups in total. The third-order valence-corrected chi connectivity index (χ3v) is 6.16. The SMILES string of the molecule is Cc1ccc(C)c(C(C)NC(=O)CCNS(=O)(=O)c2cc(C)ccc2C)c1. The number of sulfonamides is 1. The maximum absolute atomic E-state index is 12.5. The van der Waals surface area contributed by atoms with Gasteiger partial charge in [-0.1, -0.05) is 35.9 Å². The molecule has 0 fully saturated rings. The second-order valence-electron chi connectivity index (χ2n) is 7.07. The minimum absolute atomic E-state index is 0.0566. The largest absolute Gasteiger partial charge is 0.350 e. The normalized spacial score (nSPS) is 12.6. The zero-order valence-electron chi connectivity index (χ0n) is 16.6. The second kappa shape index (κ2) is 8.67. The Kier molecular flexibility index (Phi) is 6.78. The molecule has 0 spiro atoms. The summed E-state index contributed by atoms with van der Waals surface area (Å²) in [5.74, 6) is -0.188. The van der Waals surface area contributed by atoms with Gasteiger partial charge in [-0.05, 0) is 62.9 Å². The number of carbonyl (C=O) groups excluding carboxylic acids is 1. The van der Waals surface area contributed by atoms with Gasteiger partial charge in [-0.15, -0.1) is 0 Å². The van der Waals surface area contributed by atoms with Crippen molar-refractivity contribution in [1.29, 1.82) is 0 Å². The fourth-order valence-electron chi connectivity index (χ4n) is 2.99. The molecule has 1 atom stereocenters. The molecule has 5 nitrogen and oxygen atoms in total. The molecule has 0 saturated heterocycles. The van der Waals surface area contributed by atoms with Crippen LogP contribution in [0.2, 0.25) is 0 Å². The van der Waals surface area contributed by atoms with E-state index in [4.69, 9.17) is 0 Å². The Balaban J connectivity index is 1.94. The monoisotopic (exact) mass is 388 g/mol. The highest BCUT2D eigenvalue weighted by Crippen LogP contribution is 2.19. The molecule has 0 aliphatic heterocycles. The van der Waals surface area contributed by atoms with Crippen LogP contribution in [0, 0.1) is 27.7 Å². The first kappa shape index (κ1) is 21.1. The van der Waals surface area contributed by atoms with Crippen LogP contribution in [0.5, 0.6) is 0 Å². The van der Waals surface area contributed by atoms with Crippen molar-refractivity contribution in [3.05, 3.63) is 64.2 Å². The van der Waals surface area contributed by atoms with E-state index >= 15 is 0 Å². The highest BCUT2D eigenvalue weighted by atomic mass is 32.2. The molecule has 0 aliphatic rings. The summed E-state index contributed by atoms with van der Waals surface area (Å²) in [7, 11) is -3.63. The van der Waals surface area contributed by atoms with Gasteiger partial charge < -0.3 is 5.32 Å². The summed E-state index contributed by atoms with van der Waals surface area (Å²) in [6.45, 7) is 9.61. The number of benzene rings is 2. The van der Waals surface area contributed by atoms with Gasteiger partial charge in [0.15, 0.2) is 0 Å². The second-order valence-corrected chi connectivity index (χ2v) is 8.80. The summed E-state index contributed by atoms with van der Waals surface area (Å²) in [6, 6.07) is 11.3. The quantitative estimate of drug-likeness (QED) is 0.763. The van der Waals surface area contributed by atoms with E-state index in [1.54, 1.807) is 19.1 Å². The van der Waals surface area contributed by atoms with Crippen LogP contribution in [-0.2, 0) is 14.8 Å². The topological polar surface area (TPSA) is 75.3 Å². The molecule has 0 bridgehead atoms. The van der Waals surface area contributed by atoms with Crippen molar-refractivity contribution in [1.82, 2.24) is 10.0 Å². The number of rotatable bonds is 7. The molecule has 146 valence electrons. The van der Waals surface area contributed by atoms with E-state index in [0.717, 1.165) is 22.3 Å². The molecular weight excluding hydrogens is 360 g/mol. The molecule has 6 heteroatoms. The van der Waals surface area contributed by atoms with Crippen LogP contribution in [-0.4, -0.2) is 20.9 Å². The van der Waals surface area contributed by atoms with E-state index in [1.807, 2.05) is 45.9 Å². The van der Waals surface area contributed by atoms with Crippen molar-refractivity contribution in [3.63, 3.8) is 0 Å². The Hall–Kier alpha value is -2.18. The maximum atomic E-state index is 12.5. The summed E-state index contributed by atoms with van der Waals surface area (Å²) in [6.07, 6.45) is 0.0826. The number of nitrogens with one attached hydrogen (secondary N) is 2. The first-order valence-corrected chi connectivity index (χ1v) is 10.5. The lowest BCUT2D eigenvalue weighted by molar-refractivity contribution is -0.121. The highest BCUT2D eigenvalue weighted by molar-refractivity contribution is 7.89. The van der Waals surface area contributed by atoms with Gasteiger partial charge >= 0.3 is 0 Å². The summed E-state index contributed by atoms with van der Waals surface area (Å²) < 4.78 is 27.5. The van der Waals surface area contributed by atoms with Crippen LogP contribution in [0.4, 0.5) is 0 Å². The van der Waals surface area contributed by atoms with Gasteiger partial charge in [0.05, 0.1) is 10.9 Å². The average Bonchev–Trinajstić information content (AvgIpc) is 2.58. The third kappa shape index (κ3) is 5.65. The molecule has 0 heterocycles. The molecule has 27 heavy (non-hydrogen) atoms. The fraction of sp³-hybridized carbons (Fsp3) is 0.381. The fourth-order valence-corrected chi connectivity index (χ4v) is 4.35. The molecule has 1 amide bonds. The molecule has 0 radical (unpaired) electrons. The zero-order valence-corrected chi connectivity index (χ0v) is 17.4. The molecular formula is C21H28N2O3S. The van der Waals surface area contributed by atoms with E-state index in [9.17, 15) is 13.2 Å². The Morgan fingerprint density at radius 3 is 2.22 bits per heavy atom. The van der Waals surface area contributed by atoms with Gasteiger partial charge in [0.25, 0.3) is 0 Å². The van der Waals surface area contributed by atoms with E-state index < -0.39 is 10.0 Å². The average molecular weight is 389 g/mol. The van der Waals surface area contributed by atoms with Crippen LogP contribution in [0.15, 0.2) is 41.3 Å². The number of carbonyl (C=O) groups is 1. The van der Waals surface area contributed by atoms with E-state index in [0.29, 0.717) is 5.56 Å². The van der Waals surface area contributed by atoms with E-state index in [-0.39, 0.29) is 29.8 Å². The number of hydrogen-bond acceptors (Lipinski definition) is 3.